The van der Waals surface area contributed by atoms with Gasteiger partial charge in [0.05, 0.1) is 16.0 Å². The molecule has 132 valence electrons. The van der Waals surface area contributed by atoms with Crippen LogP contribution >= 0.6 is 0 Å². The number of carbonyl (C=O) groups is 1. The Kier molecular flexibility index (Phi) is 3.62. The highest BCUT2D eigenvalue weighted by Crippen LogP contribution is 2.50. The Labute approximate surface area is 144 Å². The fourth-order valence-corrected chi connectivity index (χ4v) is 5.53. The molecule has 9 nitrogen and oxygen atoms in total. The summed E-state index contributed by atoms with van der Waals surface area (Å²) in [5, 5.41) is 20.5. The molecule has 2 aromatic rings. The van der Waals surface area contributed by atoms with Crippen molar-refractivity contribution in [2.75, 3.05) is 13.1 Å². The Bertz CT molecular complexity index is 897. The number of nitrogens with zero attached hydrogens (tertiary/aromatic N) is 5. The zero-order chi connectivity index (χ0) is 17.7. The van der Waals surface area contributed by atoms with E-state index in [1.807, 2.05) is 0 Å². The molecule has 1 aliphatic heterocycles. The number of fused-ring (bicyclic) bond motifs is 1. The number of carboxylic acid groups (broad SMARTS) is 1. The molecule has 4 rings (SSSR count). The second-order valence-corrected chi connectivity index (χ2v) is 8.53. The first-order valence-corrected chi connectivity index (χ1v) is 9.44. The van der Waals surface area contributed by atoms with Crippen LogP contribution in [0.3, 0.4) is 0 Å². The lowest BCUT2D eigenvalue weighted by atomic mass is 9.81. The van der Waals surface area contributed by atoms with E-state index in [9.17, 15) is 18.3 Å². The van der Waals surface area contributed by atoms with Crippen LogP contribution in [0.4, 0.5) is 0 Å². The molecule has 1 saturated carbocycles. The van der Waals surface area contributed by atoms with E-state index >= 15 is 0 Å². The molecule has 1 saturated heterocycles. The highest BCUT2D eigenvalue weighted by Gasteiger charge is 2.57. The molecule has 0 radical (unpaired) electrons. The van der Waals surface area contributed by atoms with E-state index in [2.05, 4.69) is 15.5 Å². The van der Waals surface area contributed by atoms with Crippen molar-refractivity contribution in [1.82, 2.24) is 24.5 Å². The molecule has 2 fully saturated rings. The zero-order valence-corrected chi connectivity index (χ0v) is 14.1. The van der Waals surface area contributed by atoms with Crippen molar-refractivity contribution in [2.45, 2.75) is 24.2 Å². The molecule has 1 aromatic carbocycles. The van der Waals surface area contributed by atoms with Crippen LogP contribution in [0.2, 0.25) is 0 Å². The number of aromatic nitrogens is 4. The van der Waals surface area contributed by atoms with E-state index < -0.39 is 21.4 Å². The average Bonchev–Trinajstić information content (AvgIpc) is 3.30. The van der Waals surface area contributed by atoms with Gasteiger partial charge in [0.15, 0.2) is 0 Å². The fourth-order valence-electron chi connectivity index (χ4n) is 3.98. The van der Waals surface area contributed by atoms with Gasteiger partial charge in [-0.2, -0.15) is 4.31 Å². The predicted molar refractivity (Wildman–Crippen MR) is 85.3 cm³/mol. The van der Waals surface area contributed by atoms with Gasteiger partial charge in [-0.3, -0.25) is 4.79 Å². The summed E-state index contributed by atoms with van der Waals surface area (Å²) in [4.78, 5) is 11.9. The van der Waals surface area contributed by atoms with E-state index in [1.165, 1.54) is 27.4 Å². The topological polar surface area (TPSA) is 118 Å². The van der Waals surface area contributed by atoms with Gasteiger partial charge in [0, 0.05) is 13.1 Å². The highest BCUT2D eigenvalue weighted by atomic mass is 32.2. The van der Waals surface area contributed by atoms with Gasteiger partial charge in [0.1, 0.15) is 6.33 Å². The molecule has 1 aliphatic carbocycles. The van der Waals surface area contributed by atoms with Crippen LogP contribution in [0.5, 0.6) is 0 Å². The maximum Gasteiger partial charge on any atom is 0.311 e. The van der Waals surface area contributed by atoms with Crippen LogP contribution in [0.1, 0.15) is 19.3 Å². The lowest BCUT2D eigenvalue weighted by Gasteiger charge is -2.23. The molecular formula is C15H17N5O4S. The van der Waals surface area contributed by atoms with E-state index in [4.69, 9.17) is 0 Å². The smallest absolute Gasteiger partial charge is 0.311 e. The van der Waals surface area contributed by atoms with E-state index in [0.717, 1.165) is 12.8 Å². The Morgan fingerprint density at radius 2 is 2.04 bits per heavy atom. The summed E-state index contributed by atoms with van der Waals surface area (Å²) in [6, 6.07) is 6.22. The van der Waals surface area contributed by atoms with Crippen LogP contribution in [-0.2, 0) is 14.8 Å². The molecule has 1 aromatic heterocycles. The molecular weight excluding hydrogens is 346 g/mol. The summed E-state index contributed by atoms with van der Waals surface area (Å²) in [5.41, 5.74) is -0.288. The molecule has 10 heteroatoms. The second-order valence-electron chi connectivity index (χ2n) is 6.60. The summed E-state index contributed by atoms with van der Waals surface area (Å²) in [5.74, 6) is -0.998. The molecule has 2 heterocycles. The number of tetrazole rings is 1. The molecule has 1 N–H and O–H groups in total. The third-order valence-electron chi connectivity index (χ3n) is 5.35. The summed E-state index contributed by atoms with van der Waals surface area (Å²) in [6.07, 6.45) is 3.56. The van der Waals surface area contributed by atoms with Gasteiger partial charge in [-0.05, 0) is 53.5 Å². The van der Waals surface area contributed by atoms with Crippen molar-refractivity contribution in [3.8, 4) is 5.69 Å². The van der Waals surface area contributed by atoms with Crippen LogP contribution in [0.25, 0.3) is 5.69 Å². The highest BCUT2D eigenvalue weighted by molar-refractivity contribution is 7.89. The minimum Gasteiger partial charge on any atom is -0.481 e. The molecule has 0 amide bonds. The van der Waals surface area contributed by atoms with Crippen molar-refractivity contribution >= 4 is 16.0 Å². The lowest BCUT2D eigenvalue weighted by Crippen LogP contribution is -2.37. The zero-order valence-electron chi connectivity index (χ0n) is 13.3. The van der Waals surface area contributed by atoms with Crippen molar-refractivity contribution < 1.29 is 18.3 Å². The minimum atomic E-state index is -3.73. The molecule has 2 atom stereocenters. The van der Waals surface area contributed by atoms with Crippen molar-refractivity contribution in [3.05, 3.63) is 30.6 Å². The fraction of sp³-hybridized carbons (Fsp3) is 0.467. The number of carboxylic acids is 1. The molecule has 25 heavy (non-hydrogen) atoms. The Balaban J connectivity index is 1.61. The van der Waals surface area contributed by atoms with Gasteiger partial charge in [0.25, 0.3) is 0 Å². The summed E-state index contributed by atoms with van der Waals surface area (Å²) in [6.45, 7) is 0.313. The number of benzene rings is 1. The SMILES string of the molecule is O=C(O)[C@@]12CCC[C@H]1CN(S(=O)(=O)c1ccc(-n3cnnn3)cc1)C2. The van der Waals surface area contributed by atoms with E-state index in [-0.39, 0.29) is 23.9 Å². The number of hydrogen-bond acceptors (Lipinski definition) is 6. The van der Waals surface area contributed by atoms with Gasteiger partial charge in [-0.15, -0.1) is 5.10 Å². The Hall–Kier alpha value is -2.33. The third kappa shape index (κ3) is 2.44. The van der Waals surface area contributed by atoms with Gasteiger partial charge >= 0.3 is 5.97 Å². The van der Waals surface area contributed by atoms with E-state index in [0.29, 0.717) is 12.1 Å². The number of rotatable bonds is 4. The van der Waals surface area contributed by atoms with Crippen LogP contribution < -0.4 is 0 Å². The molecule has 2 aliphatic rings. The summed E-state index contributed by atoms with van der Waals surface area (Å²) in [7, 11) is -3.73. The van der Waals surface area contributed by atoms with Crippen molar-refractivity contribution in [2.24, 2.45) is 11.3 Å². The Morgan fingerprint density at radius 3 is 2.64 bits per heavy atom. The van der Waals surface area contributed by atoms with Gasteiger partial charge < -0.3 is 5.11 Å². The first kappa shape index (κ1) is 16.2. The molecule has 0 spiro atoms. The molecule has 0 unspecified atom stereocenters. The predicted octanol–water partition coefficient (Wildman–Crippen LogP) is 0.538. The minimum absolute atomic E-state index is 0.0457. The van der Waals surface area contributed by atoms with Crippen LogP contribution in [0.15, 0.2) is 35.5 Å². The summed E-state index contributed by atoms with van der Waals surface area (Å²) >= 11 is 0. The number of aliphatic carboxylic acids is 1. The largest absolute Gasteiger partial charge is 0.481 e. The third-order valence-corrected chi connectivity index (χ3v) is 7.18. The summed E-state index contributed by atoms with van der Waals surface area (Å²) < 4.78 is 28.6. The van der Waals surface area contributed by atoms with Crippen molar-refractivity contribution in [1.29, 1.82) is 0 Å². The number of sulfonamides is 1. The maximum absolute atomic E-state index is 12.9. The maximum atomic E-state index is 12.9. The van der Waals surface area contributed by atoms with Gasteiger partial charge in [-0.1, -0.05) is 6.42 Å². The van der Waals surface area contributed by atoms with Gasteiger partial charge in [-0.25, -0.2) is 13.1 Å². The first-order valence-electron chi connectivity index (χ1n) is 8.00. The average molecular weight is 363 g/mol. The van der Waals surface area contributed by atoms with E-state index in [1.54, 1.807) is 12.1 Å². The Morgan fingerprint density at radius 1 is 1.28 bits per heavy atom. The van der Waals surface area contributed by atoms with Crippen molar-refractivity contribution in [3.63, 3.8) is 0 Å². The van der Waals surface area contributed by atoms with Crippen LogP contribution in [-0.4, -0.2) is 57.1 Å². The monoisotopic (exact) mass is 363 g/mol. The standard InChI is InChI=1S/C15H17N5O4S/c21-14(22)15-7-1-2-11(15)8-19(9-15)25(23,24)13-5-3-12(4-6-13)20-10-16-17-18-20/h3-6,10-11H,1-2,7-9H2,(H,21,22)/t11-,15+/m0/s1. The van der Waals surface area contributed by atoms with Gasteiger partial charge in [0.2, 0.25) is 10.0 Å². The quantitative estimate of drug-likeness (QED) is 0.842. The van der Waals surface area contributed by atoms with Crippen LogP contribution in [0, 0.1) is 11.3 Å². The first-order chi connectivity index (χ1) is 11.9. The molecule has 0 bridgehead atoms. The normalized spacial score (nSPS) is 26.6. The second kappa shape index (κ2) is 5.60. The lowest BCUT2D eigenvalue weighted by molar-refractivity contribution is -0.149. The number of hydrogen-bond donors (Lipinski definition) is 1.